The van der Waals surface area contributed by atoms with Crippen LogP contribution in [0.2, 0.25) is 0 Å². The van der Waals surface area contributed by atoms with Gasteiger partial charge in [-0.1, -0.05) is 36.8 Å². The predicted octanol–water partition coefficient (Wildman–Crippen LogP) is 6.50. The number of ketones is 1. The van der Waals surface area contributed by atoms with Gasteiger partial charge in [-0.2, -0.15) is 0 Å². The Morgan fingerprint density at radius 1 is 1.17 bits per heavy atom. The second-order valence-corrected chi connectivity index (χ2v) is 7.70. The van der Waals surface area contributed by atoms with E-state index in [1.54, 1.807) is 19.1 Å². The number of anilines is 1. The minimum atomic E-state index is -0.424. The quantitative estimate of drug-likeness (QED) is 0.395. The van der Waals surface area contributed by atoms with Crippen LogP contribution in [0, 0.1) is 5.82 Å². The summed E-state index contributed by atoms with van der Waals surface area (Å²) in [6.45, 7) is 11.1. The first-order valence-electron chi connectivity index (χ1n) is 10.8. The fourth-order valence-corrected chi connectivity index (χ4v) is 3.44. The Hall–Kier alpha value is -2.62. The number of carbonyl (C=O) groups excluding carboxylic acids is 1. The molecule has 0 N–H and O–H groups in total. The van der Waals surface area contributed by atoms with Gasteiger partial charge in [-0.15, -0.1) is 0 Å². The fraction of sp³-hybridized carbons (Fsp3) is 0.423. The van der Waals surface area contributed by atoms with Gasteiger partial charge >= 0.3 is 0 Å². The minimum Gasteiger partial charge on any atom is -0.483 e. The van der Waals surface area contributed by atoms with Gasteiger partial charge < -0.3 is 9.64 Å². The molecule has 0 amide bonds. The monoisotopic (exact) mass is 411 g/mol. The third-order valence-electron chi connectivity index (χ3n) is 5.43. The van der Waals surface area contributed by atoms with Crippen LogP contribution in [-0.4, -0.2) is 18.4 Å². The second kappa shape index (κ2) is 11.5. The molecule has 2 aromatic carbocycles. The summed E-state index contributed by atoms with van der Waals surface area (Å²) in [5.74, 6) is 0.493. The molecule has 0 bridgehead atoms. The fourth-order valence-electron chi connectivity index (χ4n) is 3.44. The smallest absolute Gasteiger partial charge is 0.170 e. The summed E-state index contributed by atoms with van der Waals surface area (Å²) in [5.41, 5.74) is 4.47. The molecule has 3 nitrogen and oxygen atoms in total. The van der Waals surface area contributed by atoms with E-state index in [1.807, 2.05) is 44.2 Å². The molecule has 0 aliphatic heterocycles. The molecule has 2 rings (SSSR count). The van der Waals surface area contributed by atoms with E-state index in [9.17, 15) is 9.18 Å². The minimum absolute atomic E-state index is 0.0268. The highest BCUT2D eigenvalue weighted by Gasteiger charge is 2.15. The standard InChI is InChI=1S/C26H34FNO2/c1-6-19(4)12-13-22-14-15-23(27)17-25(22)28(8-3)18-21-10-9-11-24(16-21)30-26(7-2)20(5)29/h6,9-11,14-17,26H,7-8,12-13,18H2,1-5H3/b19-6+. The highest BCUT2D eigenvalue weighted by atomic mass is 19.1. The zero-order chi connectivity index (χ0) is 22.1. The van der Waals surface area contributed by atoms with Crippen LogP contribution in [0.15, 0.2) is 54.1 Å². The lowest BCUT2D eigenvalue weighted by Crippen LogP contribution is -2.25. The van der Waals surface area contributed by atoms with Crippen LogP contribution in [0.25, 0.3) is 0 Å². The number of allylic oxidation sites excluding steroid dienone is 2. The van der Waals surface area contributed by atoms with Crippen molar-refractivity contribution in [3.8, 4) is 5.75 Å². The van der Waals surface area contributed by atoms with E-state index >= 15 is 0 Å². The lowest BCUT2D eigenvalue weighted by molar-refractivity contribution is -0.123. The van der Waals surface area contributed by atoms with Gasteiger partial charge in [-0.05, 0) is 82.3 Å². The van der Waals surface area contributed by atoms with Gasteiger partial charge in [0.25, 0.3) is 0 Å². The van der Waals surface area contributed by atoms with Crippen molar-refractivity contribution in [2.75, 3.05) is 11.4 Å². The van der Waals surface area contributed by atoms with E-state index in [0.717, 1.165) is 36.2 Å². The molecule has 162 valence electrons. The maximum atomic E-state index is 14.1. The molecule has 30 heavy (non-hydrogen) atoms. The summed E-state index contributed by atoms with van der Waals surface area (Å²) in [5, 5.41) is 0. The van der Waals surface area contributed by atoms with Crippen molar-refractivity contribution in [3.05, 3.63) is 71.1 Å². The maximum Gasteiger partial charge on any atom is 0.170 e. The number of aryl methyl sites for hydroxylation is 1. The Kier molecular flexibility index (Phi) is 9.10. The molecule has 0 aliphatic carbocycles. The molecule has 0 aromatic heterocycles. The molecule has 0 heterocycles. The third-order valence-corrected chi connectivity index (χ3v) is 5.43. The van der Waals surface area contributed by atoms with Crippen LogP contribution in [0.3, 0.4) is 0 Å². The summed E-state index contributed by atoms with van der Waals surface area (Å²) in [4.78, 5) is 13.9. The number of halogens is 1. The van der Waals surface area contributed by atoms with Crippen molar-refractivity contribution >= 4 is 11.5 Å². The SMILES string of the molecule is C/C=C(\C)CCc1ccc(F)cc1N(CC)Cc1cccc(OC(CC)C(C)=O)c1. The molecule has 1 unspecified atom stereocenters. The number of carbonyl (C=O) groups is 1. The average Bonchev–Trinajstić information content (AvgIpc) is 2.74. The van der Waals surface area contributed by atoms with Gasteiger partial charge in [0.2, 0.25) is 0 Å². The molecule has 0 saturated heterocycles. The predicted molar refractivity (Wildman–Crippen MR) is 123 cm³/mol. The molecule has 0 fully saturated rings. The molecule has 1 atom stereocenters. The highest BCUT2D eigenvalue weighted by molar-refractivity contribution is 5.80. The number of hydrogen-bond donors (Lipinski definition) is 0. The molecule has 0 aliphatic rings. The van der Waals surface area contributed by atoms with Crippen LogP contribution < -0.4 is 9.64 Å². The van der Waals surface area contributed by atoms with E-state index in [0.29, 0.717) is 18.7 Å². The Labute approximate surface area is 180 Å². The molecule has 0 spiro atoms. The summed E-state index contributed by atoms with van der Waals surface area (Å²) < 4.78 is 20.0. The topological polar surface area (TPSA) is 29.5 Å². The average molecular weight is 412 g/mol. The number of nitrogens with zero attached hydrogens (tertiary/aromatic N) is 1. The van der Waals surface area contributed by atoms with Crippen molar-refractivity contribution in [2.24, 2.45) is 0 Å². The van der Waals surface area contributed by atoms with Gasteiger partial charge in [0.15, 0.2) is 11.9 Å². The van der Waals surface area contributed by atoms with Crippen molar-refractivity contribution < 1.29 is 13.9 Å². The van der Waals surface area contributed by atoms with E-state index in [2.05, 4.69) is 24.8 Å². The lowest BCUT2D eigenvalue weighted by atomic mass is 10.0. The summed E-state index contributed by atoms with van der Waals surface area (Å²) in [6, 6.07) is 12.9. The number of Topliss-reactive ketones (excluding diaryl/α,β-unsaturated/α-hetero) is 1. The van der Waals surface area contributed by atoms with Crippen molar-refractivity contribution in [3.63, 3.8) is 0 Å². The summed E-state index contributed by atoms with van der Waals surface area (Å²) >= 11 is 0. The highest BCUT2D eigenvalue weighted by Crippen LogP contribution is 2.27. The van der Waals surface area contributed by atoms with Crippen molar-refractivity contribution in [2.45, 2.75) is 66.5 Å². The zero-order valence-corrected chi connectivity index (χ0v) is 18.9. The molecular weight excluding hydrogens is 377 g/mol. The third kappa shape index (κ3) is 6.72. The molecule has 2 aromatic rings. The van der Waals surface area contributed by atoms with Crippen LogP contribution in [-0.2, 0) is 17.8 Å². The first-order chi connectivity index (χ1) is 14.4. The Bertz CT molecular complexity index is 875. The summed E-state index contributed by atoms with van der Waals surface area (Å²) in [6.07, 6.45) is 4.17. The molecule has 0 radical (unpaired) electrons. The van der Waals surface area contributed by atoms with Crippen LogP contribution in [0.4, 0.5) is 10.1 Å². The normalized spacial score (nSPS) is 12.5. The van der Waals surface area contributed by atoms with Crippen LogP contribution >= 0.6 is 0 Å². The van der Waals surface area contributed by atoms with E-state index in [4.69, 9.17) is 4.74 Å². The molecule has 0 saturated carbocycles. The maximum absolute atomic E-state index is 14.1. The second-order valence-electron chi connectivity index (χ2n) is 7.70. The van der Waals surface area contributed by atoms with Gasteiger partial charge in [-0.3, -0.25) is 4.79 Å². The molecule has 4 heteroatoms. The Morgan fingerprint density at radius 2 is 1.93 bits per heavy atom. The zero-order valence-electron chi connectivity index (χ0n) is 18.9. The molecular formula is C26H34FNO2. The van der Waals surface area contributed by atoms with Crippen molar-refractivity contribution in [1.29, 1.82) is 0 Å². The van der Waals surface area contributed by atoms with Crippen molar-refractivity contribution in [1.82, 2.24) is 0 Å². The first kappa shape index (κ1) is 23.7. The Morgan fingerprint density at radius 3 is 2.57 bits per heavy atom. The largest absolute Gasteiger partial charge is 0.483 e. The van der Waals surface area contributed by atoms with E-state index < -0.39 is 6.10 Å². The lowest BCUT2D eigenvalue weighted by Gasteiger charge is -2.26. The van der Waals surface area contributed by atoms with Crippen LogP contribution in [0.1, 0.15) is 58.6 Å². The van der Waals surface area contributed by atoms with Gasteiger partial charge in [-0.25, -0.2) is 4.39 Å². The Balaban J connectivity index is 2.24. The van der Waals surface area contributed by atoms with E-state index in [1.165, 1.54) is 5.57 Å². The number of rotatable bonds is 11. The number of benzene rings is 2. The summed E-state index contributed by atoms with van der Waals surface area (Å²) in [7, 11) is 0. The van der Waals surface area contributed by atoms with Gasteiger partial charge in [0.1, 0.15) is 11.6 Å². The number of ether oxygens (including phenoxy) is 1. The first-order valence-corrected chi connectivity index (χ1v) is 10.8. The van der Waals surface area contributed by atoms with E-state index in [-0.39, 0.29) is 11.6 Å². The van der Waals surface area contributed by atoms with Gasteiger partial charge in [0, 0.05) is 18.8 Å². The van der Waals surface area contributed by atoms with Gasteiger partial charge in [0.05, 0.1) is 0 Å². The number of hydrogen-bond acceptors (Lipinski definition) is 3. The van der Waals surface area contributed by atoms with Crippen LogP contribution in [0.5, 0.6) is 5.75 Å².